The summed E-state index contributed by atoms with van der Waals surface area (Å²) in [7, 11) is 0. The molecule has 6 nitrogen and oxygen atoms in total. The van der Waals surface area contributed by atoms with E-state index in [2.05, 4.69) is 10.1 Å². The molecule has 0 aliphatic carbocycles. The second kappa shape index (κ2) is 7.72. The maximum Gasteiger partial charge on any atom is 0.259 e. The van der Waals surface area contributed by atoms with E-state index >= 15 is 0 Å². The quantitative estimate of drug-likeness (QED) is 0.513. The number of ether oxygens (including phenoxy) is 1. The Morgan fingerprint density at radius 3 is 2.43 bits per heavy atom. The fourth-order valence-corrected chi connectivity index (χ4v) is 3.72. The first-order valence-corrected chi connectivity index (χ1v) is 10.0. The molecule has 0 bridgehead atoms. The summed E-state index contributed by atoms with van der Waals surface area (Å²) in [6.07, 6.45) is 0. The number of nitrogens with zero attached hydrogens (tertiary/aromatic N) is 3. The molecule has 1 aliphatic heterocycles. The van der Waals surface area contributed by atoms with Gasteiger partial charge in [0.2, 0.25) is 0 Å². The lowest BCUT2D eigenvalue weighted by atomic mass is 10.0. The van der Waals surface area contributed by atoms with Gasteiger partial charge in [-0.25, -0.2) is 4.98 Å². The third-order valence-electron chi connectivity index (χ3n) is 5.37. The maximum absolute atomic E-state index is 13.5. The summed E-state index contributed by atoms with van der Waals surface area (Å²) in [6, 6.07) is 19.6. The average molecular weight is 399 g/mol. The van der Waals surface area contributed by atoms with Crippen molar-refractivity contribution < 1.29 is 14.1 Å². The summed E-state index contributed by atoms with van der Waals surface area (Å²) in [5, 5.41) is 4.93. The van der Waals surface area contributed by atoms with Gasteiger partial charge in [0.25, 0.3) is 11.6 Å². The normalized spacial score (nSPS) is 14.2. The van der Waals surface area contributed by atoms with Gasteiger partial charge in [0.1, 0.15) is 5.69 Å². The van der Waals surface area contributed by atoms with Gasteiger partial charge in [0.15, 0.2) is 0 Å². The number of morpholine rings is 1. The summed E-state index contributed by atoms with van der Waals surface area (Å²) >= 11 is 0. The van der Waals surface area contributed by atoms with E-state index < -0.39 is 0 Å². The van der Waals surface area contributed by atoms with Crippen LogP contribution < -0.4 is 0 Å². The molecule has 4 aromatic rings. The van der Waals surface area contributed by atoms with Crippen molar-refractivity contribution in [1.82, 2.24) is 15.0 Å². The van der Waals surface area contributed by atoms with Crippen LogP contribution in [-0.4, -0.2) is 47.3 Å². The molecule has 1 fully saturated rings. The highest BCUT2D eigenvalue weighted by Gasteiger charge is 2.26. The molecule has 2 aromatic heterocycles. The van der Waals surface area contributed by atoms with Crippen molar-refractivity contribution in [3.63, 3.8) is 0 Å². The van der Waals surface area contributed by atoms with Crippen LogP contribution in [0.3, 0.4) is 0 Å². The Balaban J connectivity index is 1.71. The average Bonchev–Trinajstić information content (AvgIpc) is 3.24. The molecule has 0 spiro atoms. The first-order chi connectivity index (χ1) is 14.7. The molecule has 5 rings (SSSR count). The van der Waals surface area contributed by atoms with Crippen molar-refractivity contribution >= 4 is 17.0 Å². The molecule has 0 saturated carbocycles. The number of rotatable bonds is 3. The lowest BCUT2D eigenvalue weighted by molar-refractivity contribution is 0.0304. The minimum Gasteiger partial charge on any atom is -0.378 e. The molecule has 3 heterocycles. The second-order valence-electron chi connectivity index (χ2n) is 7.40. The second-order valence-corrected chi connectivity index (χ2v) is 7.40. The summed E-state index contributed by atoms with van der Waals surface area (Å²) in [6.45, 7) is 4.24. The minimum absolute atomic E-state index is 0.0561. The van der Waals surface area contributed by atoms with Crippen LogP contribution in [-0.2, 0) is 4.74 Å². The van der Waals surface area contributed by atoms with Crippen LogP contribution >= 0.6 is 0 Å². The number of amides is 1. The number of carbonyl (C=O) groups is 1. The number of carbonyl (C=O) groups excluding carboxylic acids is 1. The third-order valence-corrected chi connectivity index (χ3v) is 5.37. The van der Waals surface area contributed by atoms with Crippen LogP contribution in [0, 0.1) is 6.92 Å². The molecule has 150 valence electrons. The zero-order valence-electron chi connectivity index (χ0n) is 16.7. The first kappa shape index (κ1) is 18.5. The van der Waals surface area contributed by atoms with Crippen molar-refractivity contribution in [2.45, 2.75) is 6.92 Å². The summed E-state index contributed by atoms with van der Waals surface area (Å²) < 4.78 is 11.0. The van der Waals surface area contributed by atoms with E-state index in [0.29, 0.717) is 54.4 Å². The highest BCUT2D eigenvalue weighted by Crippen LogP contribution is 2.33. The molecule has 1 saturated heterocycles. The SMILES string of the molecule is Cc1ccc(-c2noc3nc(-c4ccccc4)cc(C(=O)N4CCOCC4)c23)cc1. The van der Waals surface area contributed by atoms with Gasteiger partial charge in [-0.2, -0.15) is 0 Å². The molecule has 6 heteroatoms. The van der Waals surface area contributed by atoms with Crippen molar-refractivity contribution in [3.8, 4) is 22.5 Å². The Labute approximate surface area is 174 Å². The molecule has 0 unspecified atom stereocenters. The molecular weight excluding hydrogens is 378 g/mol. The van der Waals surface area contributed by atoms with Crippen LogP contribution in [0.1, 0.15) is 15.9 Å². The molecule has 0 atom stereocenters. The molecule has 1 aliphatic rings. The molecule has 30 heavy (non-hydrogen) atoms. The van der Waals surface area contributed by atoms with E-state index in [4.69, 9.17) is 9.26 Å². The van der Waals surface area contributed by atoms with Gasteiger partial charge in [-0.3, -0.25) is 4.79 Å². The van der Waals surface area contributed by atoms with E-state index in [1.807, 2.05) is 72.5 Å². The number of fused-ring (bicyclic) bond motifs is 1. The molecule has 1 amide bonds. The third kappa shape index (κ3) is 3.35. The molecule has 0 radical (unpaired) electrons. The molecule has 2 aromatic carbocycles. The Hall–Kier alpha value is -3.51. The van der Waals surface area contributed by atoms with Crippen molar-refractivity contribution in [2.24, 2.45) is 0 Å². The maximum atomic E-state index is 13.5. The van der Waals surface area contributed by atoms with Crippen LogP contribution in [0.5, 0.6) is 0 Å². The Bertz CT molecular complexity index is 1190. The van der Waals surface area contributed by atoms with Crippen molar-refractivity contribution in [1.29, 1.82) is 0 Å². The first-order valence-electron chi connectivity index (χ1n) is 10.0. The lowest BCUT2D eigenvalue weighted by Crippen LogP contribution is -2.40. The Morgan fingerprint density at radius 2 is 1.70 bits per heavy atom. The fraction of sp³-hybridized carbons (Fsp3) is 0.208. The van der Waals surface area contributed by atoms with Crippen LogP contribution in [0.25, 0.3) is 33.6 Å². The summed E-state index contributed by atoms with van der Waals surface area (Å²) in [5.41, 5.74) is 5.20. The van der Waals surface area contributed by atoms with E-state index in [1.165, 1.54) is 0 Å². The highest BCUT2D eigenvalue weighted by molar-refractivity contribution is 6.10. The largest absolute Gasteiger partial charge is 0.378 e. The van der Waals surface area contributed by atoms with Gasteiger partial charge < -0.3 is 14.2 Å². The monoisotopic (exact) mass is 399 g/mol. The number of benzene rings is 2. The van der Waals surface area contributed by atoms with E-state index in [-0.39, 0.29) is 5.91 Å². The number of aryl methyl sites for hydroxylation is 1. The standard InChI is InChI=1S/C24H21N3O3/c1-16-7-9-18(10-8-16)22-21-19(24(28)27-11-13-29-14-12-27)15-20(25-23(21)30-26-22)17-5-3-2-4-6-17/h2-10,15H,11-14H2,1H3. The van der Waals surface area contributed by atoms with Gasteiger partial charge >= 0.3 is 0 Å². The Morgan fingerprint density at radius 1 is 0.967 bits per heavy atom. The van der Waals surface area contributed by atoms with Gasteiger partial charge in [-0.1, -0.05) is 65.3 Å². The smallest absolute Gasteiger partial charge is 0.259 e. The number of aromatic nitrogens is 2. The van der Waals surface area contributed by atoms with Gasteiger partial charge in [-0.05, 0) is 13.0 Å². The molecular formula is C24H21N3O3. The van der Waals surface area contributed by atoms with Crippen LogP contribution in [0.2, 0.25) is 0 Å². The van der Waals surface area contributed by atoms with Gasteiger partial charge in [-0.15, -0.1) is 0 Å². The van der Waals surface area contributed by atoms with Crippen molar-refractivity contribution in [2.75, 3.05) is 26.3 Å². The summed E-state index contributed by atoms with van der Waals surface area (Å²) in [5.74, 6) is -0.0561. The van der Waals surface area contributed by atoms with Crippen LogP contribution in [0.15, 0.2) is 65.2 Å². The number of pyridine rings is 1. The summed E-state index contributed by atoms with van der Waals surface area (Å²) in [4.78, 5) is 20.0. The topological polar surface area (TPSA) is 68.5 Å². The van der Waals surface area contributed by atoms with Crippen molar-refractivity contribution in [3.05, 3.63) is 71.8 Å². The highest BCUT2D eigenvalue weighted by atomic mass is 16.5. The van der Waals surface area contributed by atoms with E-state index in [0.717, 1.165) is 16.7 Å². The van der Waals surface area contributed by atoms with Gasteiger partial charge in [0.05, 0.1) is 29.9 Å². The zero-order valence-corrected chi connectivity index (χ0v) is 16.7. The fourth-order valence-electron chi connectivity index (χ4n) is 3.72. The Kier molecular flexibility index (Phi) is 4.77. The lowest BCUT2D eigenvalue weighted by Gasteiger charge is -2.27. The van der Waals surface area contributed by atoms with E-state index in [9.17, 15) is 4.79 Å². The minimum atomic E-state index is -0.0561. The predicted molar refractivity (Wildman–Crippen MR) is 114 cm³/mol. The zero-order chi connectivity index (χ0) is 20.5. The van der Waals surface area contributed by atoms with Gasteiger partial charge in [0, 0.05) is 24.2 Å². The molecule has 0 N–H and O–H groups in total. The van der Waals surface area contributed by atoms with E-state index in [1.54, 1.807) is 0 Å². The number of hydrogen-bond acceptors (Lipinski definition) is 5. The number of hydrogen-bond donors (Lipinski definition) is 0. The predicted octanol–water partition coefficient (Wildman–Crippen LogP) is 4.34. The van der Waals surface area contributed by atoms with Crippen LogP contribution in [0.4, 0.5) is 0 Å².